The molecule has 2 atom stereocenters. The highest BCUT2D eigenvalue weighted by molar-refractivity contribution is 5.87. The van der Waals surface area contributed by atoms with Crippen molar-refractivity contribution < 1.29 is 34.1 Å². The number of aliphatic hydroxyl groups excluding tert-OH is 1. The number of esters is 1. The molecule has 0 aliphatic heterocycles. The maximum atomic E-state index is 12.6. The zero-order valence-electron chi connectivity index (χ0n) is 32.1. The van der Waals surface area contributed by atoms with Crippen molar-refractivity contribution >= 4 is 23.8 Å². The summed E-state index contributed by atoms with van der Waals surface area (Å²) in [5, 5.41) is 22.4. The van der Waals surface area contributed by atoms with Crippen LogP contribution in [0.25, 0.3) is 0 Å². The van der Waals surface area contributed by atoms with Crippen LogP contribution >= 0.6 is 0 Å². The molecule has 0 bridgehead atoms. The van der Waals surface area contributed by atoms with E-state index < -0.39 is 30.6 Å². The SMILES string of the molecule is CC/C=C\C/C=C\C(/C=C\CCCCCC(=O)NCC(=O)NC(CO)C(=O)O)OC(=O)CCCCCCCCC/C=C\CCCCCCCCC. The van der Waals surface area contributed by atoms with Crippen LogP contribution in [0.4, 0.5) is 0 Å². The summed E-state index contributed by atoms with van der Waals surface area (Å²) in [6, 6.07) is -1.39. The summed E-state index contributed by atoms with van der Waals surface area (Å²) in [4.78, 5) is 47.2. The van der Waals surface area contributed by atoms with Gasteiger partial charge in [0.2, 0.25) is 11.8 Å². The molecule has 0 aromatic heterocycles. The van der Waals surface area contributed by atoms with Gasteiger partial charge in [-0.15, -0.1) is 0 Å². The molecule has 0 spiro atoms. The molecular weight excluding hydrogens is 644 g/mol. The lowest BCUT2D eigenvalue weighted by Crippen LogP contribution is -2.47. The van der Waals surface area contributed by atoms with E-state index in [1.54, 1.807) is 0 Å². The molecule has 9 nitrogen and oxygen atoms in total. The monoisotopic (exact) mass is 717 g/mol. The highest BCUT2D eigenvalue weighted by Gasteiger charge is 2.18. The summed E-state index contributed by atoms with van der Waals surface area (Å²) in [6.07, 6.45) is 42.1. The second kappa shape index (κ2) is 36.6. The molecule has 0 saturated heterocycles. The van der Waals surface area contributed by atoms with Gasteiger partial charge in [-0.05, 0) is 76.4 Å². The highest BCUT2D eigenvalue weighted by atomic mass is 16.5. The van der Waals surface area contributed by atoms with Gasteiger partial charge in [0, 0.05) is 12.8 Å². The molecule has 2 amide bonds. The number of nitrogens with one attached hydrogen (secondary N) is 2. The second-order valence-electron chi connectivity index (χ2n) is 13.3. The number of rotatable bonds is 35. The van der Waals surface area contributed by atoms with E-state index in [1.165, 1.54) is 83.5 Å². The Morgan fingerprint density at radius 3 is 1.73 bits per heavy atom. The van der Waals surface area contributed by atoms with Gasteiger partial charge in [-0.2, -0.15) is 0 Å². The van der Waals surface area contributed by atoms with E-state index in [0.717, 1.165) is 51.4 Å². The largest absolute Gasteiger partial charge is 0.480 e. The number of hydrogen-bond donors (Lipinski definition) is 4. The van der Waals surface area contributed by atoms with Crippen LogP contribution in [0.5, 0.6) is 0 Å². The third-order valence-corrected chi connectivity index (χ3v) is 8.52. The molecule has 0 aliphatic rings. The average Bonchev–Trinajstić information content (AvgIpc) is 3.11. The topological polar surface area (TPSA) is 142 Å². The van der Waals surface area contributed by atoms with Crippen LogP contribution in [0.3, 0.4) is 0 Å². The van der Waals surface area contributed by atoms with Gasteiger partial charge in [0.25, 0.3) is 0 Å². The molecule has 0 saturated carbocycles. The summed E-state index contributed by atoms with van der Waals surface area (Å²) < 4.78 is 5.76. The van der Waals surface area contributed by atoms with Crippen LogP contribution in [0.15, 0.2) is 48.6 Å². The number of unbranched alkanes of at least 4 members (excludes halogenated alkanes) is 17. The predicted octanol–water partition coefficient (Wildman–Crippen LogP) is 9.20. The van der Waals surface area contributed by atoms with E-state index in [1.807, 2.05) is 24.3 Å². The zero-order valence-corrected chi connectivity index (χ0v) is 32.1. The quantitative estimate of drug-likeness (QED) is 0.0291. The minimum Gasteiger partial charge on any atom is -0.480 e. The first-order valence-corrected chi connectivity index (χ1v) is 20.1. The Morgan fingerprint density at radius 1 is 0.608 bits per heavy atom. The molecule has 0 radical (unpaired) electrons. The second-order valence-corrected chi connectivity index (χ2v) is 13.3. The summed E-state index contributed by atoms with van der Waals surface area (Å²) >= 11 is 0. The fourth-order valence-corrected chi connectivity index (χ4v) is 5.43. The molecule has 0 aliphatic carbocycles. The first-order valence-electron chi connectivity index (χ1n) is 20.1. The molecule has 4 N–H and O–H groups in total. The number of carboxylic acid groups (broad SMARTS) is 1. The van der Waals surface area contributed by atoms with Gasteiger partial charge in [-0.25, -0.2) is 4.79 Å². The number of carboxylic acids is 1. The fourth-order valence-electron chi connectivity index (χ4n) is 5.43. The minimum atomic E-state index is -1.39. The van der Waals surface area contributed by atoms with Crippen molar-refractivity contribution in [3.63, 3.8) is 0 Å². The normalized spacial score (nSPS) is 13.0. The maximum absolute atomic E-state index is 12.6. The fraction of sp³-hybridized carbons (Fsp3) is 0.714. The predicted molar refractivity (Wildman–Crippen MR) is 208 cm³/mol. The third kappa shape index (κ3) is 33.7. The first kappa shape index (κ1) is 47.8. The van der Waals surface area contributed by atoms with Crippen LogP contribution < -0.4 is 10.6 Å². The van der Waals surface area contributed by atoms with Crippen LogP contribution in [0.2, 0.25) is 0 Å². The first-order chi connectivity index (χ1) is 24.8. The van der Waals surface area contributed by atoms with E-state index in [-0.39, 0.29) is 24.8 Å². The molecule has 51 heavy (non-hydrogen) atoms. The maximum Gasteiger partial charge on any atom is 0.328 e. The molecule has 292 valence electrons. The Balaban J connectivity index is 4.14. The minimum absolute atomic E-state index is 0.170. The lowest BCUT2D eigenvalue weighted by molar-refractivity contribution is -0.145. The number of aliphatic carboxylic acids is 1. The third-order valence-electron chi connectivity index (χ3n) is 8.52. The van der Waals surface area contributed by atoms with Crippen molar-refractivity contribution in [1.82, 2.24) is 10.6 Å². The lowest BCUT2D eigenvalue weighted by Gasteiger charge is -2.12. The van der Waals surface area contributed by atoms with Crippen molar-refractivity contribution in [1.29, 1.82) is 0 Å². The van der Waals surface area contributed by atoms with E-state index in [4.69, 9.17) is 14.9 Å². The Labute approximate surface area is 309 Å². The molecular formula is C42H72N2O7. The Bertz CT molecular complexity index is 1010. The highest BCUT2D eigenvalue weighted by Crippen LogP contribution is 2.13. The van der Waals surface area contributed by atoms with Crippen molar-refractivity contribution in [2.24, 2.45) is 0 Å². The molecule has 0 aromatic rings. The standard InChI is InChI=1S/C42H72N2O7/c1-3-5-7-9-10-11-12-13-14-15-16-17-18-19-20-21-26-30-34-41(48)51-37(31-27-23-8-6-4-2)32-28-24-22-25-29-33-39(46)43-35-40(47)44-38(36-45)42(49)50/h6,8,14-15,27-28,31-32,37-38,45H,3-5,7,9-13,16-26,29-30,33-36H2,1-2H3,(H,43,46)(H,44,47)(H,49,50)/b8-6-,15-14-,31-27-,32-28-. The Morgan fingerprint density at radius 2 is 1.14 bits per heavy atom. The number of allylic oxidation sites excluding steroid dienone is 6. The van der Waals surface area contributed by atoms with E-state index >= 15 is 0 Å². The molecule has 0 rings (SSSR count). The average molecular weight is 717 g/mol. The molecule has 9 heteroatoms. The van der Waals surface area contributed by atoms with Gasteiger partial charge < -0.3 is 25.6 Å². The molecule has 0 aromatic carbocycles. The number of carbonyl (C=O) groups is 4. The summed E-state index contributed by atoms with van der Waals surface area (Å²) in [5.41, 5.74) is 0. The molecule has 2 unspecified atom stereocenters. The van der Waals surface area contributed by atoms with E-state index in [0.29, 0.717) is 12.8 Å². The zero-order chi connectivity index (χ0) is 37.6. The van der Waals surface area contributed by atoms with Gasteiger partial charge in [0.1, 0.15) is 12.1 Å². The number of amides is 2. The summed E-state index contributed by atoms with van der Waals surface area (Å²) in [7, 11) is 0. The van der Waals surface area contributed by atoms with Crippen molar-refractivity contribution in [3.8, 4) is 0 Å². The van der Waals surface area contributed by atoms with Gasteiger partial charge >= 0.3 is 11.9 Å². The van der Waals surface area contributed by atoms with Crippen LogP contribution in [0.1, 0.15) is 168 Å². The van der Waals surface area contributed by atoms with Crippen molar-refractivity contribution in [3.05, 3.63) is 48.6 Å². The lowest BCUT2D eigenvalue weighted by atomic mass is 10.1. The van der Waals surface area contributed by atoms with Crippen LogP contribution in [-0.2, 0) is 23.9 Å². The van der Waals surface area contributed by atoms with Crippen molar-refractivity contribution in [2.75, 3.05) is 13.2 Å². The van der Waals surface area contributed by atoms with Crippen LogP contribution in [0, 0.1) is 0 Å². The smallest absolute Gasteiger partial charge is 0.328 e. The van der Waals surface area contributed by atoms with Crippen molar-refractivity contribution in [2.45, 2.75) is 180 Å². The van der Waals surface area contributed by atoms with E-state index in [9.17, 15) is 19.2 Å². The molecule has 0 heterocycles. The van der Waals surface area contributed by atoms with Gasteiger partial charge in [-0.1, -0.05) is 127 Å². The van der Waals surface area contributed by atoms with E-state index in [2.05, 4.69) is 48.8 Å². The molecule has 0 fully saturated rings. The summed E-state index contributed by atoms with van der Waals surface area (Å²) in [6.45, 7) is 3.29. The number of aliphatic hydroxyl groups is 1. The van der Waals surface area contributed by atoms with Crippen LogP contribution in [-0.4, -0.2) is 59.3 Å². The number of ether oxygens (including phenoxy) is 1. The van der Waals surface area contributed by atoms with Gasteiger partial charge in [-0.3, -0.25) is 14.4 Å². The number of hydrogen-bond acceptors (Lipinski definition) is 6. The van der Waals surface area contributed by atoms with Gasteiger partial charge in [0.05, 0.1) is 13.2 Å². The summed E-state index contributed by atoms with van der Waals surface area (Å²) in [5.74, 6) is -2.48. The number of carbonyl (C=O) groups excluding carboxylic acids is 3. The Hall–Kier alpha value is -3.20. The van der Waals surface area contributed by atoms with Gasteiger partial charge in [0.15, 0.2) is 0 Å². The Kier molecular flexibility index (Phi) is 34.3.